The van der Waals surface area contributed by atoms with Crippen molar-refractivity contribution >= 4 is 40.9 Å². The van der Waals surface area contributed by atoms with Gasteiger partial charge in [-0.15, -0.1) is 0 Å². The first-order valence-corrected chi connectivity index (χ1v) is 7.20. The third-order valence-corrected chi connectivity index (χ3v) is 3.47. The Hall–Kier alpha value is -2.28. The van der Waals surface area contributed by atoms with Crippen LogP contribution in [0.3, 0.4) is 0 Å². The van der Waals surface area contributed by atoms with Crippen LogP contribution in [0.15, 0.2) is 48.0 Å². The highest BCUT2D eigenvalue weighted by Crippen LogP contribution is 2.23. The van der Waals surface area contributed by atoms with E-state index in [0.29, 0.717) is 21.3 Å². The van der Waals surface area contributed by atoms with Gasteiger partial charge in [0.25, 0.3) is 5.91 Å². The summed E-state index contributed by atoms with van der Waals surface area (Å²) in [5, 5.41) is 12.7. The molecule has 0 aliphatic heterocycles. The van der Waals surface area contributed by atoms with Gasteiger partial charge < -0.3 is 5.32 Å². The lowest BCUT2D eigenvalue weighted by Crippen LogP contribution is -2.13. The number of halogens is 2. The summed E-state index contributed by atoms with van der Waals surface area (Å²) in [7, 11) is 0. The summed E-state index contributed by atoms with van der Waals surface area (Å²) in [6.07, 6.45) is 1.43. The number of nitrogens with one attached hydrogen (secondary N) is 1. The van der Waals surface area contributed by atoms with Gasteiger partial charge in [0.2, 0.25) is 0 Å². The Balaban J connectivity index is 2.26. The van der Waals surface area contributed by atoms with Gasteiger partial charge in [0.1, 0.15) is 11.6 Å². The van der Waals surface area contributed by atoms with Crippen molar-refractivity contribution in [2.24, 2.45) is 0 Å². The summed E-state index contributed by atoms with van der Waals surface area (Å²) in [6, 6.07) is 14.1. The molecule has 0 radical (unpaired) electrons. The fourth-order valence-electron chi connectivity index (χ4n) is 1.84. The van der Waals surface area contributed by atoms with E-state index in [1.807, 2.05) is 31.2 Å². The Morgan fingerprint density at radius 2 is 2.00 bits per heavy atom. The zero-order valence-corrected chi connectivity index (χ0v) is 13.2. The Labute approximate surface area is 138 Å². The summed E-state index contributed by atoms with van der Waals surface area (Å²) in [6.45, 7) is 1.92. The van der Waals surface area contributed by atoms with Crippen molar-refractivity contribution < 1.29 is 4.79 Å². The molecule has 3 nitrogen and oxygen atoms in total. The van der Waals surface area contributed by atoms with Gasteiger partial charge in [-0.05, 0) is 48.4 Å². The minimum Gasteiger partial charge on any atom is -0.321 e. The van der Waals surface area contributed by atoms with Gasteiger partial charge >= 0.3 is 0 Å². The van der Waals surface area contributed by atoms with E-state index in [1.54, 1.807) is 24.3 Å². The fourth-order valence-corrected chi connectivity index (χ4v) is 2.31. The highest BCUT2D eigenvalue weighted by atomic mass is 35.5. The van der Waals surface area contributed by atoms with E-state index < -0.39 is 5.91 Å². The van der Waals surface area contributed by atoms with Crippen LogP contribution in [-0.4, -0.2) is 5.91 Å². The van der Waals surface area contributed by atoms with Gasteiger partial charge in [-0.3, -0.25) is 4.79 Å². The van der Waals surface area contributed by atoms with Crippen LogP contribution in [0.2, 0.25) is 10.0 Å². The van der Waals surface area contributed by atoms with Crippen LogP contribution in [-0.2, 0) is 4.79 Å². The molecule has 22 heavy (non-hydrogen) atoms. The number of carbonyl (C=O) groups excluding carboxylic acids is 1. The molecule has 0 fully saturated rings. The standard InChI is InChI=1S/C17H12Cl2N2O/c1-11-3-2-4-15(7-11)21-17(22)13(10-20)8-12-5-6-14(18)9-16(12)19/h2-9H,1H3,(H,21,22)/b13-8-. The molecule has 0 aliphatic carbocycles. The van der Waals surface area contributed by atoms with Crippen LogP contribution in [0.1, 0.15) is 11.1 Å². The SMILES string of the molecule is Cc1cccc(NC(=O)/C(C#N)=C\c2ccc(Cl)cc2Cl)c1. The van der Waals surface area contributed by atoms with Crippen molar-refractivity contribution in [1.29, 1.82) is 5.26 Å². The quantitative estimate of drug-likeness (QED) is 0.646. The maximum Gasteiger partial charge on any atom is 0.266 e. The topological polar surface area (TPSA) is 52.9 Å². The third-order valence-electron chi connectivity index (χ3n) is 2.90. The summed E-state index contributed by atoms with van der Waals surface area (Å²) in [5.41, 5.74) is 2.17. The number of hydrogen-bond acceptors (Lipinski definition) is 2. The smallest absolute Gasteiger partial charge is 0.266 e. The number of nitriles is 1. The van der Waals surface area contributed by atoms with Crippen molar-refractivity contribution in [2.75, 3.05) is 5.32 Å². The molecule has 1 amide bonds. The highest BCUT2D eigenvalue weighted by Gasteiger charge is 2.10. The van der Waals surface area contributed by atoms with E-state index in [4.69, 9.17) is 23.2 Å². The molecule has 5 heteroatoms. The van der Waals surface area contributed by atoms with Crippen LogP contribution in [0.4, 0.5) is 5.69 Å². The maximum atomic E-state index is 12.2. The van der Waals surface area contributed by atoms with Gasteiger partial charge in [0, 0.05) is 15.7 Å². The Bertz CT molecular complexity index is 791. The van der Waals surface area contributed by atoms with Crippen molar-refractivity contribution in [2.45, 2.75) is 6.92 Å². The number of benzene rings is 2. The normalized spacial score (nSPS) is 10.9. The molecule has 0 saturated heterocycles. The van der Waals surface area contributed by atoms with E-state index in [1.165, 1.54) is 6.08 Å². The molecule has 2 aromatic carbocycles. The summed E-state index contributed by atoms with van der Waals surface area (Å²) in [4.78, 5) is 12.2. The fraction of sp³-hybridized carbons (Fsp3) is 0.0588. The molecule has 0 atom stereocenters. The largest absolute Gasteiger partial charge is 0.321 e. The lowest BCUT2D eigenvalue weighted by molar-refractivity contribution is -0.112. The maximum absolute atomic E-state index is 12.2. The van der Waals surface area contributed by atoms with Crippen molar-refractivity contribution in [1.82, 2.24) is 0 Å². The van der Waals surface area contributed by atoms with Gasteiger partial charge in [-0.2, -0.15) is 5.26 Å². The molecule has 0 bridgehead atoms. The predicted molar refractivity (Wildman–Crippen MR) is 89.9 cm³/mol. The van der Waals surface area contributed by atoms with Crippen LogP contribution < -0.4 is 5.32 Å². The van der Waals surface area contributed by atoms with E-state index in [0.717, 1.165) is 5.56 Å². The zero-order chi connectivity index (χ0) is 16.1. The zero-order valence-electron chi connectivity index (χ0n) is 11.7. The number of anilines is 1. The van der Waals surface area contributed by atoms with Gasteiger partial charge in [0.15, 0.2) is 0 Å². The molecule has 1 N–H and O–H groups in total. The first kappa shape index (κ1) is 16.1. The Morgan fingerprint density at radius 1 is 1.23 bits per heavy atom. The average Bonchev–Trinajstić information content (AvgIpc) is 2.46. The van der Waals surface area contributed by atoms with Gasteiger partial charge in [0.05, 0.1) is 0 Å². The van der Waals surface area contributed by atoms with Crippen LogP contribution in [0, 0.1) is 18.3 Å². The van der Waals surface area contributed by atoms with E-state index in [-0.39, 0.29) is 5.57 Å². The Morgan fingerprint density at radius 3 is 2.64 bits per heavy atom. The summed E-state index contributed by atoms with van der Waals surface area (Å²) >= 11 is 11.9. The number of hydrogen-bond donors (Lipinski definition) is 1. The highest BCUT2D eigenvalue weighted by molar-refractivity contribution is 6.35. The van der Waals surface area contributed by atoms with Crippen LogP contribution in [0.5, 0.6) is 0 Å². The molecule has 0 spiro atoms. The Kier molecular flexibility index (Phi) is 5.21. The van der Waals surface area contributed by atoms with E-state index in [2.05, 4.69) is 5.32 Å². The summed E-state index contributed by atoms with van der Waals surface area (Å²) < 4.78 is 0. The molecule has 2 rings (SSSR count). The van der Waals surface area contributed by atoms with Crippen molar-refractivity contribution in [3.8, 4) is 6.07 Å². The van der Waals surface area contributed by atoms with Crippen LogP contribution in [0.25, 0.3) is 6.08 Å². The minimum atomic E-state index is -0.487. The molecule has 0 unspecified atom stereocenters. The number of rotatable bonds is 3. The molecular formula is C17H12Cl2N2O. The molecule has 0 saturated carbocycles. The summed E-state index contributed by atoms with van der Waals surface area (Å²) in [5.74, 6) is -0.487. The molecule has 0 heterocycles. The first-order chi connectivity index (χ1) is 10.5. The lowest BCUT2D eigenvalue weighted by Gasteiger charge is -2.05. The van der Waals surface area contributed by atoms with Gasteiger partial charge in [-0.1, -0.05) is 41.4 Å². The average molecular weight is 331 g/mol. The van der Waals surface area contributed by atoms with Crippen molar-refractivity contribution in [3.63, 3.8) is 0 Å². The first-order valence-electron chi connectivity index (χ1n) is 6.44. The predicted octanol–water partition coefficient (Wildman–Crippen LogP) is 4.85. The molecule has 2 aromatic rings. The number of nitrogens with zero attached hydrogens (tertiary/aromatic N) is 1. The number of carbonyl (C=O) groups is 1. The molecular weight excluding hydrogens is 319 g/mol. The second-order valence-electron chi connectivity index (χ2n) is 4.66. The monoisotopic (exact) mass is 330 g/mol. The third kappa shape index (κ3) is 4.11. The molecule has 0 aliphatic rings. The van der Waals surface area contributed by atoms with Gasteiger partial charge in [-0.25, -0.2) is 0 Å². The molecule has 0 aromatic heterocycles. The number of amides is 1. The molecule has 110 valence electrons. The minimum absolute atomic E-state index is 0.0364. The van der Waals surface area contributed by atoms with E-state index >= 15 is 0 Å². The number of aryl methyl sites for hydroxylation is 1. The second-order valence-corrected chi connectivity index (χ2v) is 5.50. The second kappa shape index (κ2) is 7.13. The lowest BCUT2D eigenvalue weighted by atomic mass is 10.1. The van der Waals surface area contributed by atoms with Crippen LogP contribution >= 0.6 is 23.2 Å². The van der Waals surface area contributed by atoms with Crippen molar-refractivity contribution in [3.05, 3.63) is 69.2 Å². The van der Waals surface area contributed by atoms with E-state index in [9.17, 15) is 10.1 Å².